The summed E-state index contributed by atoms with van der Waals surface area (Å²) in [6, 6.07) is 10.9. The van der Waals surface area contributed by atoms with Gasteiger partial charge in [0.15, 0.2) is 0 Å². The Kier molecular flexibility index (Phi) is 3.99. The van der Waals surface area contributed by atoms with E-state index in [1.807, 2.05) is 0 Å². The zero-order valence-electron chi connectivity index (χ0n) is 13.0. The van der Waals surface area contributed by atoms with Crippen LogP contribution < -0.4 is 10.2 Å². The highest BCUT2D eigenvalue weighted by molar-refractivity contribution is 6.05. The van der Waals surface area contributed by atoms with Crippen molar-refractivity contribution < 1.29 is 14.5 Å². The quantitative estimate of drug-likeness (QED) is 0.693. The van der Waals surface area contributed by atoms with Crippen molar-refractivity contribution in [2.24, 2.45) is 0 Å². The van der Waals surface area contributed by atoms with Crippen molar-refractivity contribution in [1.82, 2.24) is 0 Å². The maximum absolute atomic E-state index is 12.3. The summed E-state index contributed by atoms with van der Waals surface area (Å²) in [5, 5.41) is 13.4. The molecule has 0 aromatic heterocycles. The number of nitrogens with one attached hydrogen (secondary N) is 1. The third-order valence-electron chi connectivity index (χ3n) is 3.93. The fourth-order valence-electron chi connectivity index (χ4n) is 2.77. The van der Waals surface area contributed by atoms with Crippen molar-refractivity contribution in [1.29, 1.82) is 0 Å². The van der Waals surface area contributed by atoms with Crippen molar-refractivity contribution >= 4 is 28.9 Å². The van der Waals surface area contributed by atoms with E-state index >= 15 is 0 Å². The molecule has 0 unspecified atom stereocenters. The Hall–Kier alpha value is -3.22. The summed E-state index contributed by atoms with van der Waals surface area (Å²) in [7, 11) is 0. The van der Waals surface area contributed by atoms with E-state index in [0.29, 0.717) is 24.2 Å². The van der Waals surface area contributed by atoms with Crippen LogP contribution in [0.5, 0.6) is 0 Å². The minimum Gasteiger partial charge on any atom is -0.322 e. The number of benzene rings is 2. The first-order chi connectivity index (χ1) is 11.5. The van der Waals surface area contributed by atoms with Gasteiger partial charge in [0.1, 0.15) is 0 Å². The number of carbonyl (C=O) groups excluding carboxylic acids is 2. The number of carbonyl (C=O) groups is 2. The van der Waals surface area contributed by atoms with Gasteiger partial charge in [0.2, 0.25) is 5.91 Å². The standard InChI is InChI=1S/C17H15N3O4/c1-11(21)19-8-7-12-9-13(5-6-16(12)19)17(22)18-14-3-2-4-15(10-14)20(23)24/h2-6,9-10H,7-8H2,1H3,(H,18,22). The number of nitro benzene ring substituents is 1. The molecule has 0 radical (unpaired) electrons. The maximum Gasteiger partial charge on any atom is 0.271 e. The summed E-state index contributed by atoms with van der Waals surface area (Å²) in [5.41, 5.74) is 2.50. The van der Waals surface area contributed by atoms with Gasteiger partial charge in [-0.2, -0.15) is 0 Å². The second-order valence-electron chi connectivity index (χ2n) is 5.53. The molecule has 0 fully saturated rings. The average molecular weight is 325 g/mol. The Morgan fingerprint density at radius 1 is 1.21 bits per heavy atom. The molecule has 2 aromatic rings. The first-order valence-corrected chi connectivity index (χ1v) is 7.42. The summed E-state index contributed by atoms with van der Waals surface area (Å²) in [4.78, 5) is 35.8. The van der Waals surface area contributed by atoms with Crippen LogP contribution in [0.3, 0.4) is 0 Å². The number of nitrogens with zero attached hydrogens (tertiary/aromatic N) is 2. The Morgan fingerprint density at radius 3 is 2.71 bits per heavy atom. The number of nitro groups is 1. The van der Waals surface area contributed by atoms with Crippen molar-refractivity contribution in [3.05, 3.63) is 63.7 Å². The molecule has 7 heteroatoms. The number of amides is 2. The Morgan fingerprint density at radius 2 is 2.00 bits per heavy atom. The lowest BCUT2D eigenvalue weighted by molar-refractivity contribution is -0.384. The lowest BCUT2D eigenvalue weighted by atomic mass is 10.1. The third-order valence-corrected chi connectivity index (χ3v) is 3.93. The van der Waals surface area contributed by atoms with Crippen molar-refractivity contribution in [3.8, 4) is 0 Å². The minimum atomic E-state index is -0.513. The third kappa shape index (κ3) is 2.96. The van der Waals surface area contributed by atoms with Gasteiger partial charge < -0.3 is 10.2 Å². The van der Waals surface area contributed by atoms with E-state index in [-0.39, 0.29) is 17.5 Å². The van der Waals surface area contributed by atoms with Crippen LogP contribution in [0.1, 0.15) is 22.8 Å². The summed E-state index contributed by atoms with van der Waals surface area (Å²) >= 11 is 0. The van der Waals surface area contributed by atoms with E-state index in [1.165, 1.54) is 25.1 Å². The summed E-state index contributed by atoms with van der Waals surface area (Å²) < 4.78 is 0. The Balaban J connectivity index is 1.80. The predicted octanol–water partition coefficient (Wildman–Crippen LogP) is 2.76. The van der Waals surface area contributed by atoms with Crippen molar-refractivity contribution in [2.45, 2.75) is 13.3 Å². The Bertz CT molecular complexity index is 847. The second-order valence-corrected chi connectivity index (χ2v) is 5.53. The number of rotatable bonds is 3. The lowest BCUT2D eigenvalue weighted by Gasteiger charge is -2.14. The molecule has 0 atom stereocenters. The first-order valence-electron chi connectivity index (χ1n) is 7.42. The van der Waals surface area contributed by atoms with E-state index in [2.05, 4.69) is 5.32 Å². The molecule has 1 aliphatic heterocycles. The van der Waals surface area contributed by atoms with Crippen LogP contribution >= 0.6 is 0 Å². The maximum atomic E-state index is 12.3. The van der Waals surface area contributed by atoms with Crippen LogP contribution in [0.25, 0.3) is 0 Å². The normalized spacial score (nSPS) is 12.6. The Labute approximate surface area is 138 Å². The molecule has 2 amide bonds. The zero-order chi connectivity index (χ0) is 17.3. The van der Waals surface area contributed by atoms with Gasteiger partial charge in [0.05, 0.1) is 4.92 Å². The van der Waals surface area contributed by atoms with Crippen LogP contribution in [0, 0.1) is 10.1 Å². The molecular formula is C17H15N3O4. The molecule has 0 saturated carbocycles. The molecule has 7 nitrogen and oxygen atoms in total. The summed E-state index contributed by atoms with van der Waals surface area (Å²) in [6.45, 7) is 2.12. The largest absolute Gasteiger partial charge is 0.322 e. The number of hydrogen-bond donors (Lipinski definition) is 1. The molecule has 1 aliphatic rings. The molecule has 24 heavy (non-hydrogen) atoms. The molecule has 0 spiro atoms. The topological polar surface area (TPSA) is 92.6 Å². The van der Waals surface area contributed by atoms with Gasteiger partial charge in [-0.15, -0.1) is 0 Å². The summed E-state index contributed by atoms with van der Waals surface area (Å²) in [5.74, 6) is -0.373. The van der Waals surface area contributed by atoms with Gasteiger partial charge in [-0.3, -0.25) is 19.7 Å². The van der Waals surface area contributed by atoms with Gasteiger partial charge >= 0.3 is 0 Å². The average Bonchev–Trinajstić information content (AvgIpc) is 2.98. The molecule has 1 heterocycles. The molecule has 0 saturated heterocycles. The van der Waals surface area contributed by atoms with Crippen LogP contribution in [-0.2, 0) is 11.2 Å². The minimum absolute atomic E-state index is 0.0254. The highest BCUT2D eigenvalue weighted by Gasteiger charge is 2.23. The first kappa shape index (κ1) is 15.7. The molecule has 0 aliphatic carbocycles. The van der Waals surface area contributed by atoms with Gasteiger partial charge in [-0.25, -0.2) is 0 Å². The number of hydrogen-bond acceptors (Lipinski definition) is 4. The smallest absolute Gasteiger partial charge is 0.271 e. The molecule has 122 valence electrons. The number of fused-ring (bicyclic) bond motifs is 1. The van der Waals surface area contributed by atoms with E-state index in [9.17, 15) is 19.7 Å². The van der Waals surface area contributed by atoms with Gasteiger partial charge in [-0.1, -0.05) is 6.07 Å². The number of non-ortho nitro benzene ring substituents is 1. The van der Waals surface area contributed by atoms with Crippen molar-refractivity contribution in [2.75, 3.05) is 16.8 Å². The van der Waals surface area contributed by atoms with Crippen LogP contribution in [0.2, 0.25) is 0 Å². The monoisotopic (exact) mass is 325 g/mol. The predicted molar refractivity (Wildman–Crippen MR) is 89.2 cm³/mol. The van der Waals surface area contributed by atoms with E-state index in [4.69, 9.17) is 0 Å². The fraction of sp³-hybridized carbons (Fsp3) is 0.176. The van der Waals surface area contributed by atoms with E-state index in [1.54, 1.807) is 29.2 Å². The van der Waals surface area contributed by atoms with Crippen LogP contribution in [0.15, 0.2) is 42.5 Å². The van der Waals surface area contributed by atoms with Crippen LogP contribution in [0.4, 0.5) is 17.1 Å². The highest BCUT2D eigenvalue weighted by Crippen LogP contribution is 2.29. The van der Waals surface area contributed by atoms with Gasteiger partial charge in [0, 0.05) is 42.5 Å². The summed E-state index contributed by atoms with van der Waals surface area (Å²) in [6.07, 6.45) is 0.701. The number of anilines is 2. The van der Waals surface area contributed by atoms with Crippen LogP contribution in [-0.4, -0.2) is 23.3 Å². The lowest BCUT2D eigenvalue weighted by Crippen LogP contribution is -2.25. The molecular weight excluding hydrogens is 310 g/mol. The molecule has 0 bridgehead atoms. The SMILES string of the molecule is CC(=O)N1CCc2cc(C(=O)Nc3cccc([N+](=O)[O-])c3)ccc21. The van der Waals surface area contributed by atoms with Gasteiger partial charge in [-0.05, 0) is 36.2 Å². The zero-order valence-corrected chi connectivity index (χ0v) is 13.0. The molecule has 1 N–H and O–H groups in total. The highest BCUT2D eigenvalue weighted by atomic mass is 16.6. The fourth-order valence-corrected chi connectivity index (χ4v) is 2.77. The molecule has 2 aromatic carbocycles. The van der Waals surface area contributed by atoms with E-state index in [0.717, 1.165) is 11.3 Å². The van der Waals surface area contributed by atoms with E-state index < -0.39 is 4.92 Å². The second kappa shape index (κ2) is 6.11. The van der Waals surface area contributed by atoms with Crippen molar-refractivity contribution in [3.63, 3.8) is 0 Å². The van der Waals surface area contributed by atoms with Gasteiger partial charge in [0.25, 0.3) is 11.6 Å². The molecule has 3 rings (SSSR count).